The lowest BCUT2D eigenvalue weighted by Gasteiger charge is -2.35. The monoisotopic (exact) mass is 309 g/mol. The van der Waals surface area contributed by atoms with Crippen LogP contribution in [0.25, 0.3) is 0 Å². The highest BCUT2D eigenvalue weighted by molar-refractivity contribution is 5.36. The maximum Gasteiger partial charge on any atom is 0.417 e. The zero-order chi connectivity index (χ0) is 15.7. The number of halogens is 5. The third-order valence-electron chi connectivity index (χ3n) is 3.52. The molecule has 0 aromatic carbocycles. The number of alkyl halides is 5. The van der Waals surface area contributed by atoms with Crippen LogP contribution in [0.4, 0.5) is 27.8 Å². The van der Waals surface area contributed by atoms with Gasteiger partial charge >= 0.3 is 6.18 Å². The zero-order valence-electron chi connectivity index (χ0n) is 11.3. The van der Waals surface area contributed by atoms with E-state index in [-0.39, 0.29) is 30.7 Å². The first-order chi connectivity index (χ1) is 9.67. The van der Waals surface area contributed by atoms with Gasteiger partial charge in [0, 0.05) is 25.2 Å². The molecule has 0 aliphatic carbocycles. The van der Waals surface area contributed by atoms with Gasteiger partial charge in [0.05, 0.1) is 12.1 Å². The lowest BCUT2D eigenvalue weighted by Crippen LogP contribution is -2.52. The largest absolute Gasteiger partial charge is 0.417 e. The summed E-state index contributed by atoms with van der Waals surface area (Å²) in [6.07, 6.45) is -3.88. The Balaban J connectivity index is 1.89. The molecular weight excluding hydrogens is 293 g/mol. The Morgan fingerprint density at radius 1 is 1.38 bits per heavy atom. The van der Waals surface area contributed by atoms with Crippen molar-refractivity contribution in [1.82, 2.24) is 10.3 Å². The summed E-state index contributed by atoms with van der Waals surface area (Å²) in [5.41, 5.74) is -0.822. The van der Waals surface area contributed by atoms with Crippen LogP contribution in [0.5, 0.6) is 0 Å². The minimum absolute atomic E-state index is 0.172. The molecule has 1 saturated heterocycles. The van der Waals surface area contributed by atoms with E-state index in [4.69, 9.17) is 0 Å². The number of hydrogen-bond acceptors (Lipinski definition) is 3. The van der Waals surface area contributed by atoms with Crippen molar-refractivity contribution < 1.29 is 22.0 Å². The quantitative estimate of drug-likeness (QED) is 0.842. The molecule has 118 valence electrons. The number of hydrogen-bond donors (Lipinski definition) is 2. The minimum Gasteiger partial charge on any atom is -0.369 e. The first-order valence-corrected chi connectivity index (χ1v) is 6.56. The van der Waals surface area contributed by atoms with E-state index in [1.807, 2.05) is 0 Å². The molecule has 1 aliphatic heterocycles. The average molecular weight is 309 g/mol. The van der Waals surface area contributed by atoms with Gasteiger partial charge in [-0.15, -0.1) is 0 Å². The third kappa shape index (κ3) is 4.26. The maximum atomic E-state index is 13.1. The van der Waals surface area contributed by atoms with E-state index < -0.39 is 17.7 Å². The molecule has 2 atom stereocenters. The van der Waals surface area contributed by atoms with Crippen LogP contribution in [0.2, 0.25) is 0 Å². The number of pyridine rings is 1. The minimum atomic E-state index is -4.42. The van der Waals surface area contributed by atoms with Crippen molar-refractivity contribution in [3.8, 4) is 0 Å². The van der Waals surface area contributed by atoms with Crippen molar-refractivity contribution in [2.75, 3.05) is 18.4 Å². The number of aromatic nitrogens is 1. The topological polar surface area (TPSA) is 37.0 Å². The molecule has 1 fully saturated rings. The predicted molar refractivity (Wildman–Crippen MR) is 68.2 cm³/mol. The molecule has 3 nitrogen and oxygen atoms in total. The van der Waals surface area contributed by atoms with Gasteiger partial charge in [-0.3, -0.25) is 0 Å². The molecular formula is C13H16F5N3. The highest BCUT2D eigenvalue weighted by Crippen LogP contribution is 2.30. The van der Waals surface area contributed by atoms with Crippen molar-refractivity contribution in [3.63, 3.8) is 0 Å². The highest BCUT2D eigenvalue weighted by Gasteiger charge is 2.39. The van der Waals surface area contributed by atoms with Crippen molar-refractivity contribution >= 4 is 5.82 Å². The number of rotatable bonds is 3. The number of piperidine rings is 1. The molecule has 21 heavy (non-hydrogen) atoms. The van der Waals surface area contributed by atoms with Crippen LogP contribution in [-0.4, -0.2) is 30.0 Å². The van der Waals surface area contributed by atoms with E-state index >= 15 is 0 Å². The van der Waals surface area contributed by atoms with Crippen LogP contribution < -0.4 is 10.6 Å². The van der Waals surface area contributed by atoms with Crippen molar-refractivity contribution in [2.24, 2.45) is 5.92 Å². The molecule has 2 unspecified atom stereocenters. The van der Waals surface area contributed by atoms with Gasteiger partial charge in [0.15, 0.2) is 0 Å². The molecule has 1 aromatic heterocycles. The second-order valence-electron chi connectivity index (χ2n) is 5.34. The smallest absolute Gasteiger partial charge is 0.369 e. The van der Waals surface area contributed by atoms with E-state index in [9.17, 15) is 22.0 Å². The molecule has 2 N–H and O–H groups in total. The van der Waals surface area contributed by atoms with Crippen LogP contribution in [0, 0.1) is 5.92 Å². The van der Waals surface area contributed by atoms with E-state index in [0.717, 1.165) is 12.3 Å². The number of anilines is 1. The van der Waals surface area contributed by atoms with Gasteiger partial charge in [-0.2, -0.15) is 13.2 Å². The predicted octanol–water partition coefficient (Wildman–Crippen LogP) is 3.15. The fourth-order valence-corrected chi connectivity index (χ4v) is 2.32. The summed E-state index contributed by atoms with van der Waals surface area (Å²) in [7, 11) is 0. The number of nitrogens with one attached hydrogen (secondary N) is 2. The molecule has 1 aromatic rings. The Hall–Kier alpha value is -1.44. The SMILES string of the molecule is CC1CC(F)(F)CNC1CNc1ccc(C(F)(F)F)cn1. The van der Waals surface area contributed by atoms with Crippen LogP contribution in [0.15, 0.2) is 18.3 Å². The van der Waals surface area contributed by atoms with E-state index in [0.29, 0.717) is 6.54 Å². The molecule has 8 heteroatoms. The van der Waals surface area contributed by atoms with Gasteiger partial charge in [-0.1, -0.05) is 6.92 Å². The van der Waals surface area contributed by atoms with Gasteiger partial charge in [-0.05, 0) is 18.1 Å². The molecule has 2 heterocycles. The lowest BCUT2D eigenvalue weighted by atomic mass is 9.90. The lowest BCUT2D eigenvalue weighted by molar-refractivity contribution is -0.137. The fraction of sp³-hybridized carbons (Fsp3) is 0.615. The molecule has 0 amide bonds. The molecule has 0 bridgehead atoms. The summed E-state index contributed by atoms with van der Waals surface area (Å²) in [4.78, 5) is 3.68. The summed E-state index contributed by atoms with van der Waals surface area (Å²) < 4.78 is 63.4. The normalized spacial score (nSPS) is 25.6. The molecule has 0 radical (unpaired) electrons. The van der Waals surface area contributed by atoms with Crippen LogP contribution in [0.3, 0.4) is 0 Å². The van der Waals surface area contributed by atoms with Crippen molar-refractivity contribution in [2.45, 2.75) is 31.5 Å². The summed E-state index contributed by atoms with van der Waals surface area (Å²) in [6.45, 7) is 1.66. The Morgan fingerprint density at radius 3 is 2.62 bits per heavy atom. The molecule has 1 aliphatic rings. The molecule has 2 rings (SSSR count). The average Bonchev–Trinajstić information content (AvgIpc) is 2.36. The maximum absolute atomic E-state index is 13.1. The first kappa shape index (κ1) is 15.9. The van der Waals surface area contributed by atoms with Gasteiger partial charge in [0.2, 0.25) is 0 Å². The molecule has 0 spiro atoms. The first-order valence-electron chi connectivity index (χ1n) is 6.56. The van der Waals surface area contributed by atoms with Crippen LogP contribution in [-0.2, 0) is 6.18 Å². The standard InChI is InChI=1S/C13H16F5N3/c1-8-4-12(14,15)7-21-10(8)6-20-11-3-2-9(5-19-11)13(16,17)18/h2-3,5,8,10,21H,4,6-7H2,1H3,(H,19,20). The van der Waals surface area contributed by atoms with E-state index in [1.165, 1.54) is 6.07 Å². The summed E-state index contributed by atoms with van der Waals surface area (Å²) in [6, 6.07) is 1.99. The second kappa shape index (κ2) is 5.75. The zero-order valence-corrected chi connectivity index (χ0v) is 11.3. The van der Waals surface area contributed by atoms with Crippen LogP contribution >= 0.6 is 0 Å². The summed E-state index contributed by atoms with van der Waals surface area (Å²) in [5.74, 6) is -2.66. The highest BCUT2D eigenvalue weighted by atomic mass is 19.4. The number of nitrogens with zero attached hydrogens (tertiary/aromatic N) is 1. The Bertz CT molecular complexity index is 472. The van der Waals surface area contributed by atoms with Gasteiger partial charge in [0.25, 0.3) is 5.92 Å². The Kier molecular flexibility index (Phi) is 4.36. The van der Waals surface area contributed by atoms with E-state index in [1.54, 1.807) is 6.92 Å². The summed E-state index contributed by atoms with van der Waals surface area (Å²) >= 11 is 0. The summed E-state index contributed by atoms with van der Waals surface area (Å²) in [5, 5.41) is 5.61. The van der Waals surface area contributed by atoms with Gasteiger partial charge in [-0.25, -0.2) is 13.8 Å². The Labute approximate surface area is 118 Å². The Morgan fingerprint density at radius 2 is 2.10 bits per heavy atom. The fourth-order valence-electron chi connectivity index (χ4n) is 2.32. The van der Waals surface area contributed by atoms with Gasteiger partial charge in [0.1, 0.15) is 5.82 Å². The van der Waals surface area contributed by atoms with Crippen molar-refractivity contribution in [3.05, 3.63) is 23.9 Å². The van der Waals surface area contributed by atoms with Crippen molar-refractivity contribution in [1.29, 1.82) is 0 Å². The van der Waals surface area contributed by atoms with E-state index in [2.05, 4.69) is 15.6 Å². The van der Waals surface area contributed by atoms with Gasteiger partial charge < -0.3 is 10.6 Å². The van der Waals surface area contributed by atoms with Crippen LogP contribution in [0.1, 0.15) is 18.9 Å². The molecule has 0 saturated carbocycles. The second-order valence-corrected chi connectivity index (χ2v) is 5.34. The third-order valence-corrected chi connectivity index (χ3v) is 3.52.